The van der Waals surface area contributed by atoms with Gasteiger partial charge in [-0.15, -0.1) is 0 Å². The molecule has 2 aliphatic rings. The molecule has 1 amide bonds. The van der Waals surface area contributed by atoms with Crippen LogP contribution in [-0.4, -0.2) is 67.5 Å². The molecule has 1 aliphatic heterocycles. The van der Waals surface area contributed by atoms with Crippen molar-refractivity contribution in [2.45, 2.75) is 76.8 Å². The summed E-state index contributed by atoms with van der Waals surface area (Å²) in [6.07, 6.45) is 4.78. The monoisotopic (exact) mass is 504 g/mol. The minimum atomic E-state index is -3.90. The Balaban J connectivity index is 1.97. The molecule has 1 saturated carbocycles. The molecule has 1 aromatic rings. The third-order valence-electron chi connectivity index (χ3n) is 6.96. The molecule has 0 radical (unpaired) electrons. The molecule has 35 heavy (non-hydrogen) atoms. The van der Waals surface area contributed by atoms with E-state index < -0.39 is 22.2 Å². The molecule has 194 valence electrons. The van der Waals surface area contributed by atoms with Crippen LogP contribution in [-0.2, 0) is 14.8 Å². The minimum absolute atomic E-state index is 0.0501. The number of hydrogen-bond acceptors (Lipinski definition) is 5. The number of fused-ring (bicyclic) bond motifs is 1. The highest BCUT2D eigenvalue weighted by Gasteiger charge is 2.38. The number of carbonyl (C=O) groups is 1. The van der Waals surface area contributed by atoms with Crippen molar-refractivity contribution < 1.29 is 23.1 Å². The van der Waals surface area contributed by atoms with Gasteiger partial charge < -0.3 is 14.7 Å². The summed E-state index contributed by atoms with van der Waals surface area (Å²) in [5, 5.41) is 9.80. The molecule has 7 nitrogen and oxygen atoms in total. The van der Waals surface area contributed by atoms with Crippen LogP contribution in [0.2, 0.25) is 0 Å². The SMILES string of the molecule is CC(C)C#Cc1ccc2c(c1)O[C@H](CN(C)C(=O)C1CCCCC1)[C@@H](C)CN([C@H](C)CO)S2(=O)=O. The summed E-state index contributed by atoms with van der Waals surface area (Å²) in [5.74, 6) is 6.58. The number of aliphatic hydroxyl groups is 1. The van der Waals surface area contributed by atoms with E-state index in [4.69, 9.17) is 4.74 Å². The number of hydrogen-bond donors (Lipinski definition) is 1. The fourth-order valence-corrected chi connectivity index (χ4v) is 6.60. The van der Waals surface area contributed by atoms with E-state index in [1.54, 1.807) is 24.0 Å². The number of nitrogens with zero attached hydrogens (tertiary/aromatic N) is 2. The zero-order valence-corrected chi connectivity index (χ0v) is 22.5. The fraction of sp³-hybridized carbons (Fsp3) is 0.667. The lowest BCUT2D eigenvalue weighted by Gasteiger charge is -2.38. The van der Waals surface area contributed by atoms with E-state index in [1.807, 2.05) is 27.8 Å². The van der Waals surface area contributed by atoms with Crippen LogP contribution in [0.25, 0.3) is 0 Å². The Morgan fingerprint density at radius 2 is 1.91 bits per heavy atom. The van der Waals surface area contributed by atoms with Crippen LogP contribution in [0.5, 0.6) is 5.75 Å². The zero-order chi connectivity index (χ0) is 25.8. The van der Waals surface area contributed by atoms with Crippen molar-refractivity contribution in [2.75, 3.05) is 26.7 Å². The van der Waals surface area contributed by atoms with E-state index in [2.05, 4.69) is 11.8 Å². The maximum atomic E-state index is 13.6. The lowest BCUT2D eigenvalue weighted by molar-refractivity contribution is -0.136. The third kappa shape index (κ3) is 6.58. The van der Waals surface area contributed by atoms with Gasteiger partial charge in [0.1, 0.15) is 16.7 Å². The molecule has 8 heteroatoms. The van der Waals surface area contributed by atoms with E-state index in [9.17, 15) is 18.3 Å². The van der Waals surface area contributed by atoms with Crippen molar-refractivity contribution in [3.63, 3.8) is 0 Å². The summed E-state index contributed by atoms with van der Waals surface area (Å²) in [7, 11) is -2.09. The van der Waals surface area contributed by atoms with Crippen LogP contribution >= 0.6 is 0 Å². The number of aliphatic hydroxyl groups excluding tert-OH is 1. The number of rotatable bonds is 5. The number of carbonyl (C=O) groups excluding carboxylic acids is 1. The summed E-state index contributed by atoms with van der Waals surface area (Å²) < 4.78 is 34.9. The standard InChI is InChI=1S/C27H40N2O5S/c1-19(2)11-12-22-13-14-26-24(15-22)34-25(17-28(5)27(31)23-9-7-6-8-10-23)20(3)16-29(21(4)18-30)35(26,32)33/h13-15,19-21,23,25,30H,6-10,16-18H2,1-5H3/t20-,21+,25+/m0/s1. The largest absolute Gasteiger partial charge is 0.487 e. The van der Waals surface area contributed by atoms with Gasteiger partial charge >= 0.3 is 0 Å². The molecule has 3 rings (SSSR count). The van der Waals surface area contributed by atoms with E-state index in [0.29, 0.717) is 12.1 Å². The summed E-state index contributed by atoms with van der Waals surface area (Å²) in [6.45, 7) is 7.88. The van der Waals surface area contributed by atoms with Gasteiger partial charge in [-0.3, -0.25) is 4.79 Å². The summed E-state index contributed by atoms with van der Waals surface area (Å²) in [4.78, 5) is 14.9. The first-order valence-electron chi connectivity index (χ1n) is 12.7. The summed E-state index contributed by atoms with van der Waals surface area (Å²) in [5.41, 5.74) is 0.674. The van der Waals surface area contributed by atoms with Crippen molar-refractivity contribution >= 4 is 15.9 Å². The Kier molecular flexibility index (Phi) is 9.25. The smallest absolute Gasteiger partial charge is 0.247 e. The second-order valence-electron chi connectivity index (χ2n) is 10.4. The van der Waals surface area contributed by atoms with Gasteiger partial charge in [-0.25, -0.2) is 8.42 Å². The van der Waals surface area contributed by atoms with Gasteiger partial charge in [0.2, 0.25) is 15.9 Å². The lowest BCUT2D eigenvalue weighted by atomic mass is 9.88. The molecule has 3 atom stereocenters. The van der Waals surface area contributed by atoms with E-state index >= 15 is 0 Å². The van der Waals surface area contributed by atoms with Crippen LogP contribution < -0.4 is 4.74 Å². The lowest BCUT2D eigenvalue weighted by Crippen LogP contribution is -2.50. The molecule has 0 aromatic heterocycles. The summed E-state index contributed by atoms with van der Waals surface area (Å²) >= 11 is 0. The Morgan fingerprint density at radius 1 is 1.23 bits per heavy atom. The van der Waals surface area contributed by atoms with E-state index in [0.717, 1.165) is 25.7 Å². The topological polar surface area (TPSA) is 87.2 Å². The van der Waals surface area contributed by atoms with Gasteiger partial charge in [0.25, 0.3) is 0 Å². The number of sulfonamides is 1. The number of ether oxygens (including phenoxy) is 1. The second kappa shape index (κ2) is 11.8. The second-order valence-corrected chi connectivity index (χ2v) is 12.2. The Labute approximate surface area is 210 Å². The molecule has 0 saturated heterocycles. The average molecular weight is 505 g/mol. The van der Waals surface area contributed by atoms with E-state index in [-0.39, 0.29) is 47.5 Å². The van der Waals surface area contributed by atoms with Crippen LogP contribution in [0, 0.1) is 29.6 Å². The third-order valence-corrected chi connectivity index (χ3v) is 8.98. The maximum absolute atomic E-state index is 13.6. The van der Waals surface area contributed by atoms with Crippen LogP contribution in [0.1, 0.15) is 65.4 Å². The van der Waals surface area contributed by atoms with Crippen LogP contribution in [0.3, 0.4) is 0 Å². The molecule has 1 heterocycles. The van der Waals surface area contributed by atoms with Gasteiger partial charge in [-0.1, -0.05) is 51.9 Å². The molecule has 1 fully saturated rings. The molecule has 0 spiro atoms. The normalized spacial score (nSPS) is 23.7. The van der Waals surface area contributed by atoms with Crippen LogP contribution in [0.15, 0.2) is 23.1 Å². The highest BCUT2D eigenvalue weighted by Crippen LogP contribution is 2.34. The number of amides is 1. The molecule has 1 aliphatic carbocycles. The predicted octanol–water partition coefficient (Wildman–Crippen LogP) is 3.50. The Hall–Kier alpha value is -2.08. The zero-order valence-electron chi connectivity index (χ0n) is 21.7. The van der Waals surface area contributed by atoms with Gasteiger partial charge in [0.05, 0.1) is 13.2 Å². The van der Waals surface area contributed by atoms with Crippen LogP contribution in [0.4, 0.5) is 0 Å². The van der Waals surface area contributed by atoms with E-state index in [1.165, 1.54) is 16.8 Å². The number of likely N-dealkylation sites (N-methyl/N-ethyl adjacent to an activating group) is 1. The van der Waals surface area contributed by atoms with Gasteiger partial charge in [-0.2, -0.15) is 4.31 Å². The average Bonchev–Trinajstić information content (AvgIpc) is 2.84. The molecule has 1 aromatic carbocycles. The number of benzene rings is 1. The first-order chi connectivity index (χ1) is 16.5. The summed E-state index contributed by atoms with van der Waals surface area (Å²) in [6, 6.07) is 4.32. The van der Waals surface area contributed by atoms with Crippen molar-refractivity contribution in [2.24, 2.45) is 17.8 Å². The quantitative estimate of drug-likeness (QED) is 0.620. The predicted molar refractivity (Wildman–Crippen MR) is 136 cm³/mol. The molecule has 0 unspecified atom stereocenters. The van der Waals surface area contributed by atoms with Crippen molar-refractivity contribution in [3.8, 4) is 17.6 Å². The van der Waals surface area contributed by atoms with Crippen molar-refractivity contribution in [1.29, 1.82) is 0 Å². The highest BCUT2D eigenvalue weighted by molar-refractivity contribution is 7.89. The van der Waals surface area contributed by atoms with Gasteiger partial charge in [0.15, 0.2) is 0 Å². The Morgan fingerprint density at radius 3 is 2.54 bits per heavy atom. The first-order valence-corrected chi connectivity index (χ1v) is 14.2. The Bertz CT molecular complexity index is 1050. The van der Waals surface area contributed by atoms with Crippen molar-refractivity contribution in [3.05, 3.63) is 23.8 Å². The van der Waals surface area contributed by atoms with Crippen molar-refractivity contribution in [1.82, 2.24) is 9.21 Å². The minimum Gasteiger partial charge on any atom is -0.487 e. The maximum Gasteiger partial charge on any atom is 0.247 e. The molecule has 0 bridgehead atoms. The molecular formula is C27H40N2O5S. The first kappa shape index (κ1) is 27.5. The highest BCUT2D eigenvalue weighted by atomic mass is 32.2. The van der Waals surface area contributed by atoms with Gasteiger partial charge in [-0.05, 0) is 38.0 Å². The fourth-order valence-electron chi connectivity index (χ4n) is 4.77. The molecule has 1 N–H and O–H groups in total. The molecular weight excluding hydrogens is 464 g/mol. The van der Waals surface area contributed by atoms with Gasteiger partial charge in [0, 0.05) is 43.0 Å².